The van der Waals surface area contributed by atoms with Gasteiger partial charge in [0, 0.05) is 62.0 Å². The first-order chi connectivity index (χ1) is 15.2. The summed E-state index contributed by atoms with van der Waals surface area (Å²) in [4.78, 5) is 10.9. The third-order valence-electron chi connectivity index (χ3n) is 5.95. The van der Waals surface area contributed by atoms with E-state index in [2.05, 4.69) is 64.2 Å². The Morgan fingerprint density at radius 1 is 1.13 bits per heavy atom. The van der Waals surface area contributed by atoms with Crippen molar-refractivity contribution in [2.75, 3.05) is 33.4 Å². The molecule has 0 radical (unpaired) electrons. The van der Waals surface area contributed by atoms with Gasteiger partial charge < -0.3 is 9.84 Å². The molecule has 1 aromatic heterocycles. The molecular weight excluding hydrogens is 406 g/mol. The first kappa shape index (κ1) is 22.0. The molecule has 1 saturated heterocycles. The first-order valence-electron chi connectivity index (χ1n) is 10.9. The third kappa shape index (κ3) is 5.52. The van der Waals surface area contributed by atoms with E-state index in [-0.39, 0.29) is 6.61 Å². The molecule has 1 aliphatic heterocycles. The van der Waals surface area contributed by atoms with Crippen molar-refractivity contribution < 1.29 is 9.84 Å². The summed E-state index contributed by atoms with van der Waals surface area (Å²) in [6.45, 7) is 7.12. The number of ether oxygens (including phenoxy) is 1. The normalized spacial score (nSPS) is 17.7. The Morgan fingerprint density at radius 3 is 2.71 bits per heavy atom. The van der Waals surface area contributed by atoms with Crippen LogP contribution in [0.25, 0.3) is 10.6 Å². The molecule has 3 aromatic rings. The fourth-order valence-electron chi connectivity index (χ4n) is 4.32. The van der Waals surface area contributed by atoms with E-state index in [1.54, 1.807) is 18.4 Å². The highest BCUT2D eigenvalue weighted by Gasteiger charge is 2.27. The molecule has 1 aliphatic rings. The molecule has 0 aliphatic carbocycles. The summed E-state index contributed by atoms with van der Waals surface area (Å²) < 4.78 is 5.39. The topological polar surface area (TPSA) is 48.8 Å². The molecule has 0 saturated carbocycles. The van der Waals surface area contributed by atoms with Crippen molar-refractivity contribution in [3.8, 4) is 16.3 Å². The lowest BCUT2D eigenvalue weighted by Crippen LogP contribution is -2.52. The molecule has 5 nitrogen and oxygen atoms in total. The van der Waals surface area contributed by atoms with Crippen LogP contribution in [0, 0.1) is 6.92 Å². The highest BCUT2D eigenvalue weighted by molar-refractivity contribution is 7.15. The largest absolute Gasteiger partial charge is 0.496 e. The Bertz CT molecular complexity index is 976. The van der Waals surface area contributed by atoms with E-state index in [1.807, 2.05) is 12.3 Å². The number of nitrogens with zero attached hydrogens (tertiary/aromatic N) is 3. The molecule has 6 heteroatoms. The Balaban J connectivity index is 1.39. The van der Waals surface area contributed by atoms with E-state index >= 15 is 0 Å². The van der Waals surface area contributed by atoms with Gasteiger partial charge in [0.2, 0.25) is 0 Å². The highest BCUT2D eigenvalue weighted by atomic mass is 32.1. The minimum absolute atomic E-state index is 0.218. The lowest BCUT2D eigenvalue weighted by Gasteiger charge is -2.41. The number of piperazine rings is 1. The van der Waals surface area contributed by atoms with E-state index in [0.29, 0.717) is 6.04 Å². The standard InChI is InChI=1S/C25H31N3O2S/c1-19-14-20(8-9-24(19)30-2)16-28-12-11-27(17-22(28)10-13-29)18-23-15-26-25(31-23)21-6-4-3-5-7-21/h3-9,14-15,22,29H,10-13,16-18H2,1-2H3/t22-/m1/s1. The fourth-order valence-corrected chi connectivity index (χ4v) is 5.28. The molecule has 0 bridgehead atoms. The van der Waals surface area contributed by atoms with Crippen molar-refractivity contribution in [1.82, 2.24) is 14.8 Å². The summed E-state index contributed by atoms with van der Waals surface area (Å²) in [6.07, 6.45) is 2.81. The van der Waals surface area contributed by atoms with Crippen molar-refractivity contribution >= 4 is 11.3 Å². The Kier molecular flexibility index (Phi) is 7.35. The molecule has 31 heavy (non-hydrogen) atoms. The van der Waals surface area contributed by atoms with E-state index in [4.69, 9.17) is 4.74 Å². The number of benzene rings is 2. The van der Waals surface area contributed by atoms with Crippen molar-refractivity contribution in [1.29, 1.82) is 0 Å². The Hall–Kier alpha value is -2.25. The number of aliphatic hydroxyl groups is 1. The monoisotopic (exact) mass is 437 g/mol. The quantitative estimate of drug-likeness (QED) is 0.572. The van der Waals surface area contributed by atoms with Gasteiger partial charge in [0.25, 0.3) is 0 Å². The lowest BCUT2D eigenvalue weighted by atomic mass is 10.1. The molecule has 2 aromatic carbocycles. The van der Waals surface area contributed by atoms with Crippen LogP contribution in [-0.2, 0) is 13.1 Å². The van der Waals surface area contributed by atoms with Crippen LogP contribution in [0.3, 0.4) is 0 Å². The van der Waals surface area contributed by atoms with Crippen LogP contribution < -0.4 is 4.74 Å². The van der Waals surface area contributed by atoms with E-state index in [1.165, 1.54) is 16.0 Å². The number of thiazole rings is 1. The van der Waals surface area contributed by atoms with Gasteiger partial charge in [-0.2, -0.15) is 0 Å². The number of hydrogen-bond acceptors (Lipinski definition) is 6. The molecule has 1 N–H and O–H groups in total. The molecule has 0 spiro atoms. The van der Waals surface area contributed by atoms with Gasteiger partial charge in [-0.25, -0.2) is 4.98 Å². The van der Waals surface area contributed by atoms with E-state index < -0.39 is 0 Å². The predicted molar refractivity (Wildman–Crippen MR) is 126 cm³/mol. The van der Waals surface area contributed by atoms with Gasteiger partial charge in [-0.05, 0) is 30.5 Å². The van der Waals surface area contributed by atoms with Gasteiger partial charge in [-0.3, -0.25) is 9.80 Å². The maximum absolute atomic E-state index is 9.65. The minimum Gasteiger partial charge on any atom is -0.496 e. The molecular formula is C25H31N3O2S. The second-order valence-electron chi connectivity index (χ2n) is 8.17. The van der Waals surface area contributed by atoms with Crippen LogP contribution >= 0.6 is 11.3 Å². The first-order valence-corrected chi connectivity index (χ1v) is 11.7. The molecule has 0 amide bonds. The number of aromatic nitrogens is 1. The molecule has 4 rings (SSSR count). The lowest BCUT2D eigenvalue weighted by molar-refractivity contribution is 0.0504. The summed E-state index contributed by atoms with van der Waals surface area (Å²) in [5.41, 5.74) is 3.64. The van der Waals surface area contributed by atoms with Crippen LogP contribution in [0.1, 0.15) is 22.4 Å². The minimum atomic E-state index is 0.218. The molecule has 1 fully saturated rings. The number of aryl methyl sites for hydroxylation is 1. The highest BCUT2D eigenvalue weighted by Crippen LogP contribution is 2.27. The second kappa shape index (κ2) is 10.4. The summed E-state index contributed by atoms with van der Waals surface area (Å²) in [5.74, 6) is 0.930. The average Bonchev–Trinajstić information content (AvgIpc) is 3.25. The van der Waals surface area contributed by atoms with Crippen LogP contribution in [0.4, 0.5) is 0 Å². The fraction of sp³-hybridized carbons (Fsp3) is 0.400. The van der Waals surface area contributed by atoms with E-state index in [9.17, 15) is 5.11 Å². The number of rotatable bonds is 8. The van der Waals surface area contributed by atoms with Crippen LogP contribution in [0.2, 0.25) is 0 Å². The van der Waals surface area contributed by atoms with Crippen LogP contribution in [-0.4, -0.2) is 59.3 Å². The molecule has 1 atom stereocenters. The zero-order chi connectivity index (χ0) is 21.6. The number of aliphatic hydroxyl groups excluding tert-OH is 1. The van der Waals surface area contributed by atoms with Crippen LogP contribution in [0.15, 0.2) is 54.7 Å². The number of methoxy groups -OCH3 is 1. The zero-order valence-corrected chi connectivity index (χ0v) is 19.1. The SMILES string of the molecule is COc1ccc(CN2CCN(Cc3cnc(-c4ccccc4)s3)C[C@H]2CCO)cc1C. The maximum atomic E-state index is 9.65. The van der Waals surface area contributed by atoms with Crippen LogP contribution in [0.5, 0.6) is 5.75 Å². The summed E-state index contributed by atoms with van der Waals surface area (Å²) in [7, 11) is 1.71. The molecule has 0 unspecified atom stereocenters. The molecule has 2 heterocycles. The van der Waals surface area contributed by atoms with Crippen molar-refractivity contribution in [3.05, 3.63) is 70.7 Å². The third-order valence-corrected chi connectivity index (χ3v) is 6.98. The summed E-state index contributed by atoms with van der Waals surface area (Å²) in [6, 6.07) is 17.1. The van der Waals surface area contributed by atoms with Gasteiger partial charge in [0.1, 0.15) is 10.8 Å². The Morgan fingerprint density at radius 2 is 1.97 bits per heavy atom. The van der Waals surface area contributed by atoms with Crippen molar-refractivity contribution in [2.24, 2.45) is 0 Å². The average molecular weight is 438 g/mol. The summed E-state index contributed by atoms with van der Waals surface area (Å²) >= 11 is 1.78. The Labute approximate surface area is 188 Å². The predicted octanol–water partition coefficient (Wildman–Crippen LogP) is 4.20. The molecule has 164 valence electrons. The van der Waals surface area contributed by atoms with Gasteiger partial charge in [0.15, 0.2) is 0 Å². The maximum Gasteiger partial charge on any atom is 0.123 e. The zero-order valence-electron chi connectivity index (χ0n) is 18.3. The van der Waals surface area contributed by atoms with E-state index in [0.717, 1.165) is 55.5 Å². The summed E-state index contributed by atoms with van der Waals surface area (Å²) in [5, 5.41) is 10.7. The van der Waals surface area contributed by atoms with Gasteiger partial charge >= 0.3 is 0 Å². The number of hydrogen-bond donors (Lipinski definition) is 1. The van der Waals surface area contributed by atoms with Gasteiger partial charge in [0.05, 0.1) is 7.11 Å². The van der Waals surface area contributed by atoms with Gasteiger partial charge in [-0.15, -0.1) is 11.3 Å². The van der Waals surface area contributed by atoms with Gasteiger partial charge in [-0.1, -0.05) is 42.5 Å². The van der Waals surface area contributed by atoms with Crippen molar-refractivity contribution in [2.45, 2.75) is 32.5 Å². The van der Waals surface area contributed by atoms with Crippen molar-refractivity contribution in [3.63, 3.8) is 0 Å². The second-order valence-corrected chi connectivity index (χ2v) is 9.29. The smallest absolute Gasteiger partial charge is 0.123 e.